The summed E-state index contributed by atoms with van der Waals surface area (Å²) in [6.07, 6.45) is 1.64. The van der Waals surface area contributed by atoms with Crippen molar-refractivity contribution in [1.29, 1.82) is 0 Å². The van der Waals surface area contributed by atoms with E-state index in [1.54, 1.807) is 26.3 Å². The van der Waals surface area contributed by atoms with Gasteiger partial charge >= 0.3 is 0 Å². The second kappa shape index (κ2) is 8.20. The van der Waals surface area contributed by atoms with Gasteiger partial charge in [-0.3, -0.25) is 14.6 Å². The van der Waals surface area contributed by atoms with Gasteiger partial charge in [-0.05, 0) is 30.7 Å². The third-order valence-electron chi connectivity index (χ3n) is 4.87. The van der Waals surface area contributed by atoms with Crippen molar-refractivity contribution in [3.8, 4) is 5.75 Å². The summed E-state index contributed by atoms with van der Waals surface area (Å²) in [7, 11) is 1.61. The summed E-state index contributed by atoms with van der Waals surface area (Å²) >= 11 is 0. The normalized spacial score (nSPS) is 11.9. The molecule has 0 saturated heterocycles. The number of H-pyrrole nitrogens is 1. The first-order valence-electron chi connectivity index (χ1n) is 9.50. The molecule has 2 N–H and O–H groups in total. The lowest BCUT2D eigenvalue weighted by atomic mass is 10.2. The number of hydrogen-bond acceptors (Lipinski definition) is 6. The van der Waals surface area contributed by atoms with Crippen molar-refractivity contribution in [3.63, 3.8) is 0 Å². The SMILES string of the molecule is COc1cccc(CNc2nc([C@@H](C)n3ncc4ccccc4c3=O)cc(=O)[nH]2)c1. The summed E-state index contributed by atoms with van der Waals surface area (Å²) in [6, 6.07) is 15.7. The molecule has 0 spiro atoms. The molecule has 4 aromatic rings. The molecule has 152 valence electrons. The fourth-order valence-corrected chi connectivity index (χ4v) is 3.25. The Balaban J connectivity index is 1.62. The molecule has 0 saturated carbocycles. The highest BCUT2D eigenvalue weighted by Crippen LogP contribution is 2.16. The minimum atomic E-state index is -0.512. The predicted molar refractivity (Wildman–Crippen MR) is 115 cm³/mol. The number of nitrogens with one attached hydrogen (secondary N) is 2. The van der Waals surface area contributed by atoms with Gasteiger partial charge in [0, 0.05) is 18.0 Å². The Morgan fingerprint density at radius 3 is 2.80 bits per heavy atom. The fourth-order valence-electron chi connectivity index (χ4n) is 3.25. The van der Waals surface area contributed by atoms with Crippen molar-refractivity contribution in [2.75, 3.05) is 12.4 Å². The molecular formula is C22H21N5O3. The Bertz CT molecular complexity index is 1310. The average molecular weight is 403 g/mol. The lowest BCUT2D eigenvalue weighted by molar-refractivity contribution is 0.414. The number of fused-ring (bicyclic) bond motifs is 1. The van der Waals surface area contributed by atoms with Gasteiger partial charge < -0.3 is 10.1 Å². The van der Waals surface area contributed by atoms with Crippen molar-refractivity contribution >= 4 is 16.7 Å². The van der Waals surface area contributed by atoms with Crippen molar-refractivity contribution < 1.29 is 4.74 Å². The Morgan fingerprint density at radius 1 is 1.13 bits per heavy atom. The minimum absolute atomic E-state index is 0.228. The molecule has 2 aromatic carbocycles. The highest BCUT2D eigenvalue weighted by Gasteiger charge is 2.15. The summed E-state index contributed by atoms with van der Waals surface area (Å²) in [6.45, 7) is 2.24. The highest BCUT2D eigenvalue weighted by molar-refractivity contribution is 5.80. The van der Waals surface area contributed by atoms with E-state index < -0.39 is 6.04 Å². The molecule has 8 heteroatoms. The number of aromatic amines is 1. The molecule has 0 aliphatic carbocycles. The van der Waals surface area contributed by atoms with E-state index in [0.29, 0.717) is 23.6 Å². The first-order chi connectivity index (χ1) is 14.5. The summed E-state index contributed by atoms with van der Waals surface area (Å²) < 4.78 is 6.57. The van der Waals surface area contributed by atoms with Gasteiger partial charge in [0.2, 0.25) is 5.95 Å². The molecule has 0 unspecified atom stereocenters. The number of anilines is 1. The van der Waals surface area contributed by atoms with Crippen LogP contribution in [0, 0.1) is 0 Å². The van der Waals surface area contributed by atoms with Crippen LogP contribution in [0.25, 0.3) is 10.8 Å². The lowest BCUT2D eigenvalue weighted by Crippen LogP contribution is -2.28. The Hall–Kier alpha value is -3.94. The molecule has 8 nitrogen and oxygen atoms in total. The Labute approximate surface area is 172 Å². The van der Waals surface area contributed by atoms with E-state index in [-0.39, 0.29) is 11.1 Å². The maximum absolute atomic E-state index is 12.8. The molecule has 0 radical (unpaired) electrons. The van der Waals surface area contributed by atoms with Gasteiger partial charge in [0.05, 0.1) is 30.4 Å². The van der Waals surface area contributed by atoms with Crippen LogP contribution < -0.4 is 21.2 Å². The van der Waals surface area contributed by atoms with Crippen LogP contribution in [0.1, 0.15) is 24.2 Å². The van der Waals surface area contributed by atoms with Crippen LogP contribution in [0.2, 0.25) is 0 Å². The van der Waals surface area contributed by atoms with E-state index >= 15 is 0 Å². The second-order valence-corrected chi connectivity index (χ2v) is 6.88. The van der Waals surface area contributed by atoms with Crippen LogP contribution in [-0.4, -0.2) is 26.9 Å². The zero-order valence-electron chi connectivity index (χ0n) is 16.6. The molecule has 1 atom stereocenters. The predicted octanol–water partition coefficient (Wildman–Crippen LogP) is 2.71. The van der Waals surface area contributed by atoms with Crippen LogP contribution >= 0.6 is 0 Å². The first kappa shape index (κ1) is 19.4. The van der Waals surface area contributed by atoms with E-state index in [4.69, 9.17) is 4.74 Å². The zero-order chi connectivity index (χ0) is 21.1. The van der Waals surface area contributed by atoms with Crippen molar-refractivity contribution in [2.24, 2.45) is 0 Å². The Kier molecular flexibility index (Phi) is 5.30. The standard InChI is InChI=1S/C22H21N5O3/c1-14(27-21(29)18-9-4-3-7-16(18)13-24-27)19-11-20(28)26-22(25-19)23-12-15-6-5-8-17(10-15)30-2/h3-11,13-14H,12H2,1-2H3,(H2,23,25,26,28)/t14-/m1/s1. The number of hydrogen-bond donors (Lipinski definition) is 2. The average Bonchev–Trinajstić information content (AvgIpc) is 2.77. The maximum atomic E-state index is 12.8. The van der Waals surface area contributed by atoms with Gasteiger partial charge in [-0.15, -0.1) is 0 Å². The van der Waals surface area contributed by atoms with Gasteiger partial charge in [0.15, 0.2) is 0 Å². The smallest absolute Gasteiger partial charge is 0.275 e. The number of aromatic nitrogens is 4. The zero-order valence-corrected chi connectivity index (χ0v) is 16.6. The maximum Gasteiger partial charge on any atom is 0.275 e. The van der Waals surface area contributed by atoms with Gasteiger partial charge in [0.1, 0.15) is 5.75 Å². The molecule has 0 bridgehead atoms. The van der Waals surface area contributed by atoms with Crippen molar-refractivity contribution in [3.05, 3.63) is 92.8 Å². The molecule has 0 aliphatic heterocycles. The number of ether oxygens (including phenoxy) is 1. The minimum Gasteiger partial charge on any atom is -0.497 e. The molecule has 4 rings (SSSR count). The molecule has 30 heavy (non-hydrogen) atoms. The van der Waals surface area contributed by atoms with Crippen LogP contribution in [-0.2, 0) is 6.54 Å². The van der Waals surface area contributed by atoms with Gasteiger partial charge in [-0.25, -0.2) is 9.67 Å². The fraction of sp³-hybridized carbons (Fsp3) is 0.182. The summed E-state index contributed by atoms with van der Waals surface area (Å²) in [4.78, 5) is 32.2. The van der Waals surface area contributed by atoms with E-state index in [1.807, 2.05) is 42.5 Å². The lowest BCUT2D eigenvalue weighted by Gasteiger charge is -2.15. The van der Waals surface area contributed by atoms with E-state index in [1.165, 1.54) is 10.7 Å². The Morgan fingerprint density at radius 2 is 1.97 bits per heavy atom. The van der Waals surface area contributed by atoms with Gasteiger partial charge in [0.25, 0.3) is 11.1 Å². The van der Waals surface area contributed by atoms with Gasteiger partial charge in [-0.2, -0.15) is 5.10 Å². The largest absolute Gasteiger partial charge is 0.497 e. The first-order valence-corrected chi connectivity index (χ1v) is 9.50. The molecular weight excluding hydrogens is 382 g/mol. The summed E-state index contributed by atoms with van der Waals surface area (Å²) in [5.74, 6) is 1.07. The van der Waals surface area contributed by atoms with E-state index in [9.17, 15) is 9.59 Å². The molecule has 0 fully saturated rings. The molecule has 0 aliphatic rings. The number of rotatable bonds is 6. The number of nitrogens with zero attached hydrogens (tertiary/aromatic N) is 3. The number of methoxy groups -OCH3 is 1. The third-order valence-corrected chi connectivity index (χ3v) is 4.87. The summed E-state index contributed by atoms with van der Waals surface area (Å²) in [5.41, 5.74) is 0.877. The molecule has 0 amide bonds. The van der Waals surface area contributed by atoms with Crippen molar-refractivity contribution in [1.82, 2.24) is 19.7 Å². The second-order valence-electron chi connectivity index (χ2n) is 6.88. The summed E-state index contributed by atoms with van der Waals surface area (Å²) in [5, 5.41) is 8.73. The van der Waals surface area contributed by atoms with Crippen LogP contribution in [0.5, 0.6) is 5.75 Å². The third kappa shape index (κ3) is 3.93. The molecule has 2 heterocycles. The molecule has 2 aromatic heterocycles. The van der Waals surface area contributed by atoms with E-state index in [0.717, 1.165) is 16.7 Å². The van der Waals surface area contributed by atoms with Crippen molar-refractivity contribution in [2.45, 2.75) is 19.5 Å². The van der Waals surface area contributed by atoms with E-state index in [2.05, 4.69) is 20.4 Å². The van der Waals surface area contributed by atoms with Gasteiger partial charge in [-0.1, -0.05) is 30.3 Å². The quantitative estimate of drug-likeness (QED) is 0.513. The highest BCUT2D eigenvalue weighted by atomic mass is 16.5. The van der Waals surface area contributed by atoms with Crippen LogP contribution in [0.3, 0.4) is 0 Å². The number of benzene rings is 2. The topological polar surface area (TPSA) is 102 Å². The van der Waals surface area contributed by atoms with Crippen LogP contribution in [0.15, 0.2) is 70.4 Å². The van der Waals surface area contributed by atoms with Crippen LogP contribution in [0.4, 0.5) is 5.95 Å². The monoisotopic (exact) mass is 403 g/mol.